The lowest BCUT2D eigenvalue weighted by molar-refractivity contribution is -0.138. The lowest BCUT2D eigenvalue weighted by Gasteiger charge is -2.34. The minimum Gasteiger partial charge on any atom is -0.478 e. The molecule has 0 radical (unpaired) electrons. The number of piperidine rings is 2. The summed E-state index contributed by atoms with van der Waals surface area (Å²) in [5.74, 6) is 1.47. The summed E-state index contributed by atoms with van der Waals surface area (Å²) in [7, 11) is 0.00774. The van der Waals surface area contributed by atoms with E-state index in [4.69, 9.17) is 34.7 Å². The third-order valence-corrected chi connectivity index (χ3v) is 19.9. The molecule has 0 atom stereocenters. The zero-order valence-electron chi connectivity index (χ0n) is 63.5. The van der Waals surface area contributed by atoms with Crippen molar-refractivity contribution >= 4 is 74.2 Å². The van der Waals surface area contributed by atoms with Crippen LogP contribution in [0.25, 0.3) is 66.8 Å². The van der Waals surface area contributed by atoms with Crippen LogP contribution in [0.5, 0.6) is 0 Å². The summed E-state index contributed by atoms with van der Waals surface area (Å²) in [4.78, 5) is 59.4. The first-order valence-electron chi connectivity index (χ1n) is 37.1. The molecule has 0 saturated carbocycles. The van der Waals surface area contributed by atoms with Gasteiger partial charge in [-0.15, -0.1) is 0 Å². The number of aryl methyl sites for hydroxylation is 2. The van der Waals surface area contributed by atoms with Gasteiger partial charge < -0.3 is 29.7 Å². The molecule has 2 aliphatic rings. The molecule has 16 rings (SSSR count). The quantitative estimate of drug-likeness (QED) is 0.0627. The molecule has 0 aliphatic carbocycles. The molecule has 7 heterocycles. The number of hydrogen-bond acceptors (Lipinski definition) is 14. The van der Waals surface area contributed by atoms with Crippen LogP contribution in [0.4, 0.5) is 51.1 Å². The van der Waals surface area contributed by atoms with E-state index in [1.807, 2.05) is 54.6 Å². The van der Waals surface area contributed by atoms with Gasteiger partial charge in [-0.3, -0.25) is 15.0 Å². The van der Waals surface area contributed by atoms with Gasteiger partial charge in [-0.1, -0.05) is 161 Å². The average Bonchev–Trinajstić information content (AvgIpc) is 0.776. The monoisotopic (exact) mass is 1650 g/mol. The molecular formula is C91H78BBrF9N9O6. The summed E-state index contributed by atoms with van der Waals surface area (Å²) in [5.41, 5.74) is 14.4. The number of aromatic nitrogens is 7. The fourth-order valence-corrected chi connectivity index (χ4v) is 13.2. The van der Waals surface area contributed by atoms with Crippen molar-refractivity contribution in [2.75, 3.05) is 43.1 Å². The molecule has 0 bridgehead atoms. The predicted octanol–water partition coefficient (Wildman–Crippen LogP) is 21.2. The van der Waals surface area contributed by atoms with Gasteiger partial charge in [-0.25, -0.2) is 29.5 Å². The zero-order chi connectivity index (χ0) is 83.2. The van der Waals surface area contributed by atoms with Crippen LogP contribution < -0.4 is 15.3 Å². The van der Waals surface area contributed by atoms with Crippen LogP contribution in [0.2, 0.25) is 0 Å². The number of carboxylic acids is 1. The number of rotatable bonds is 11. The lowest BCUT2D eigenvalue weighted by atomic mass is 9.81. The third kappa shape index (κ3) is 23.8. The van der Waals surface area contributed by atoms with Crippen molar-refractivity contribution < 1.29 is 69.0 Å². The van der Waals surface area contributed by atoms with Crippen molar-refractivity contribution in [2.24, 2.45) is 0 Å². The van der Waals surface area contributed by atoms with E-state index in [0.29, 0.717) is 43.9 Å². The first-order chi connectivity index (χ1) is 56.1. The molecule has 5 aromatic heterocycles. The molecular weight excluding hydrogens is 1580 g/mol. The Morgan fingerprint density at radius 3 is 1.07 bits per heavy atom. The Labute approximate surface area is 678 Å². The number of esters is 1. The van der Waals surface area contributed by atoms with Crippen molar-refractivity contribution in [3.63, 3.8) is 0 Å². The van der Waals surface area contributed by atoms with E-state index in [1.165, 1.54) is 78.2 Å². The molecule has 2 aliphatic heterocycles. The number of benzene rings is 9. The van der Waals surface area contributed by atoms with E-state index in [2.05, 4.69) is 115 Å². The molecule has 26 heteroatoms. The number of carbonyl (C=O) groups is 2. The summed E-state index contributed by atoms with van der Waals surface area (Å²) >= 11 is 3.04. The molecule has 9 aromatic carbocycles. The second-order valence-corrected chi connectivity index (χ2v) is 28.3. The fourth-order valence-electron chi connectivity index (χ4n) is 13.0. The molecule has 0 amide bonds. The summed E-state index contributed by atoms with van der Waals surface area (Å²) in [5, 5.41) is 26.5. The molecule has 2 fully saturated rings. The van der Waals surface area contributed by atoms with Gasteiger partial charge in [0.05, 0.1) is 57.0 Å². The maximum absolute atomic E-state index is 12.3. The van der Waals surface area contributed by atoms with Crippen molar-refractivity contribution in [3.05, 3.63) is 347 Å². The summed E-state index contributed by atoms with van der Waals surface area (Å²) < 4.78 is 115. The van der Waals surface area contributed by atoms with E-state index in [0.717, 1.165) is 150 Å². The standard InChI is InChI=1S/C28H27N3O2.C27H25N3O2.2C12H8F3N.C7H4BrF3.C5H6BNO2/c1-19-8-10-20(11-9-19)21-14-16-31(17-15-21)27-26(22-6-4-3-5-7-22)29-24-13-12-23(28(32)33-2)18-25(24)30-27;1-18-7-9-19(10-8-18)20-13-15-30(16-14-20)26-25(21-5-3-2-4-6-21)28-23-12-11-22(27(31)32)17-24(23)29-26;2*13-12(14,15)11-3-1-9(2-4-11)10-5-7-16-8-6-10;8-6-3-1-5(2-4-6)7(9,10)11;8-6(9)5-1-3-7-4-2-5/h3-13,18,21H,14-17H2,1-2H3;2-12,17,20H,13-16H2,1H3,(H,31,32);2*1-8H;1-4H;1-4,8-9H. The van der Waals surface area contributed by atoms with Gasteiger partial charge in [-0.2, -0.15) is 39.5 Å². The maximum atomic E-state index is 12.3. The number of nitrogens with zero attached hydrogens (tertiary/aromatic N) is 9. The lowest BCUT2D eigenvalue weighted by Crippen LogP contribution is -2.34. The number of fused-ring (bicyclic) bond motifs is 2. The van der Waals surface area contributed by atoms with Crippen LogP contribution in [0.1, 0.15) is 97.2 Å². The number of ether oxygens (including phenoxy) is 1. The van der Waals surface area contributed by atoms with Gasteiger partial charge >= 0.3 is 37.6 Å². The number of halogens is 10. The first kappa shape index (κ1) is 85.4. The largest absolute Gasteiger partial charge is 0.488 e. The third-order valence-electron chi connectivity index (χ3n) is 19.4. The van der Waals surface area contributed by atoms with Crippen LogP contribution in [-0.2, 0) is 23.3 Å². The van der Waals surface area contributed by atoms with E-state index in [-0.39, 0.29) is 11.5 Å². The van der Waals surface area contributed by atoms with Gasteiger partial charge in [-0.05, 0) is 212 Å². The number of aromatic carboxylic acids is 1. The van der Waals surface area contributed by atoms with Crippen LogP contribution >= 0.6 is 15.9 Å². The molecule has 0 spiro atoms. The number of alkyl halides is 9. The van der Waals surface area contributed by atoms with Gasteiger partial charge in [0, 0.05) is 79.0 Å². The molecule has 14 aromatic rings. The van der Waals surface area contributed by atoms with Crippen molar-refractivity contribution in [1.29, 1.82) is 0 Å². The van der Waals surface area contributed by atoms with Gasteiger partial charge in [0.25, 0.3) is 0 Å². The topological polar surface area (TPSA) is 201 Å². The maximum Gasteiger partial charge on any atom is 0.488 e. The zero-order valence-corrected chi connectivity index (χ0v) is 65.1. The highest BCUT2D eigenvalue weighted by Gasteiger charge is 2.33. The van der Waals surface area contributed by atoms with Crippen molar-refractivity contribution in [2.45, 2.75) is 69.9 Å². The second-order valence-electron chi connectivity index (χ2n) is 27.4. The van der Waals surface area contributed by atoms with E-state index in [9.17, 15) is 54.2 Å². The molecule has 117 heavy (non-hydrogen) atoms. The number of carboxylic acid groups (broad SMARTS) is 1. The number of pyridine rings is 3. The summed E-state index contributed by atoms with van der Waals surface area (Å²) in [6, 6.07) is 73.4. The minimum atomic E-state index is -4.28. The molecule has 15 nitrogen and oxygen atoms in total. The highest BCUT2D eigenvalue weighted by molar-refractivity contribution is 9.10. The SMILES string of the molecule is COC(=O)c1ccc2nc(-c3ccccc3)c(N3CCC(c4ccc(C)cc4)CC3)nc2c1.Cc1ccc(C2CCN(c3nc4cc(C(=O)O)ccc4nc3-c3ccccc3)CC2)cc1.FC(F)(F)c1ccc(-c2ccncc2)cc1.FC(F)(F)c1ccc(-c2ccncc2)cc1.FC(F)(F)c1ccc(Br)cc1.OB(O)c1ccncc1. The highest BCUT2D eigenvalue weighted by atomic mass is 79.9. The number of carbonyl (C=O) groups excluding carboxylic acids is 1. The Hall–Kier alpha value is -12.5. The first-order valence-corrected chi connectivity index (χ1v) is 37.9. The Morgan fingerprint density at radius 1 is 0.402 bits per heavy atom. The Balaban J connectivity index is 0.000000147. The molecule has 0 unspecified atom stereocenters. The summed E-state index contributed by atoms with van der Waals surface area (Å²) in [6.45, 7) is 7.84. The summed E-state index contributed by atoms with van der Waals surface area (Å²) in [6.07, 6.45) is 0.870. The number of hydrogen-bond donors (Lipinski definition) is 3. The normalized spacial score (nSPS) is 13.0. The smallest absolute Gasteiger partial charge is 0.478 e. The van der Waals surface area contributed by atoms with Gasteiger partial charge in [0.15, 0.2) is 11.6 Å². The van der Waals surface area contributed by atoms with E-state index < -0.39 is 48.3 Å². The highest BCUT2D eigenvalue weighted by Crippen LogP contribution is 2.39. The average molecular weight is 1660 g/mol. The van der Waals surface area contributed by atoms with Crippen molar-refractivity contribution in [1.82, 2.24) is 34.9 Å². The Kier molecular flexibility index (Phi) is 29.0. The number of anilines is 2. The molecule has 3 N–H and O–H groups in total. The number of methoxy groups -OCH3 is 1. The second kappa shape index (κ2) is 39.7. The predicted molar refractivity (Wildman–Crippen MR) is 442 cm³/mol. The fraction of sp³-hybridized carbons (Fsp3) is 0.176. The Bertz CT molecular complexity index is 5440. The van der Waals surface area contributed by atoms with E-state index >= 15 is 0 Å². The van der Waals surface area contributed by atoms with Crippen LogP contribution in [-0.4, -0.2) is 102 Å². The van der Waals surface area contributed by atoms with Crippen LogP contribution in [0, 0.1) is 13.8 Å². The van der Waals surface area contributed by atoms with Gasteiger partial charge in [0.2, 0.25) is 0 Å². The van der Waals surface area contributed by atoms with Crippen LogP contribution in [0.15, 0.2) is 296 Å². The molecule has 2 saturated heterocycles. The van der Waals surface area contributed by atoms with Crippen LogP contribution in [0.3, 0.4) is 0 Å². The van der Waals surface area contributed by atoms with Crippen molar-refractivity contribution in [3.8, 4) is 44.8 Å². The Morgan fingerprint density at radius 2 is 0.735 bits per heavy atom. The molecule has 596 valence electrons. The van der Waals surface area contributed by atoms with Gasteiger partial charge in [0.1, 0.15) is 11.4 Å². The minimum absolute atomic E-state index is 0.225. The van der Waals surface area contributed by atoms with E-state index in [1.54, 1.807) is 91.5 Å².